The summed E-state index contributed by atoms with van der Waals surface area (Å²) in [6.45, 7) is 2.17. The smallest absolute Gasteiger partial charge is 0.0982 e. The van der Waals surface area contributed by atoms with Gasteiger partial charge in [0, 0.05) is 7.05 Å². The largest absolute Gasteiger partial charge is 0.386 e. The van der Waals surface area contributed by atoms with Crippen LogP contribution in [-0.4, -0.2) is 23.7 Å². The van der Waals surface area contributed by atoms with Crippen molar-refractivity contribution in [2.45, 2.75) is 13.0 Å². The molecule has 76 valence electrons. The molecule has 1 atom stereocenters. The van der Waals surface area contributed by atoms with Crippen LogP contribution in [0, 0.1) is 11.8 Å². The summed E-state index contributed by atoms with van der Waals surface area (Å²) >= 11 is 0. The molecule has 14 heavy (non-hydrogen) atoms. The molecule has 0 fully saturated rings. The minimum absolute atomic E-state index is 0.215. The highest BCUT2D eigenvalue weighted by atomic mass is 16.3. The van der Waals surface area contributed by atoms with Crippen LogP contribution in [0.3, 0.4) is 0 Å². The fourth-order valence-electron chi connectivity index (χ4n) is 1.27. The van der Waals surface area contributed by atoms with Crippen molar-refractivity contribution < 1.29 is 5.11 Å². The molecule has 0 heterocycles. The van der Waals surface area contributed by atoms with Crippen molar-refractivity contribution in [1.29, 1.82) is 0 Å². The Morgan fingerprint density at radius 2 is 2.29 bits per heavy atom. The van der Waals surface area contributed by atoms with Crippen LogP contribution in [0.1, 0.15) is 17.2 Å². The summed E-state index contributed by atoms with van der Waals surface area (Å²) in [5.74, 6) is 0. The van der Waals surface area contributed by atoms with Crippen molar-refractivity contribution in [2.75, 3.05) is 13.6 Å². The molecule has 0 aliphatic heterocycles. The van der Waals surface area contributed by atoms with E-state index in [0.29, 0.717) is 0 Å². The standard InChI is InChI=1S/C10H14N2O2/c1-8-4-3-5-9(6-8)10(13)7-12(2)11-14/h3-6,10,13H,7H2,1-2H3. The quantitative estimate of drug-likeness (QED) is 0.585. The van der Waals surface area contributed by atoms with E-state index in [4.69, 9.17) is 0 Å². The van der Waals surface area contributed by atoms with Crippen LogP contribution in [0.4, 0.5) is 0 Å². The monoisotopic (exact) mass is 194 g/mol. The molecule has 1 aromatic carbocycles. The Balaban J connectivity index is 2.69. The number of nitroso groups, excluding NO2 is 1. The van der Waals surface area contributed by atoms with Crippen molar-refractivity contribution in [3.8, 4) is 0 Å². The van der Waals surface area contributed by atoms with Crippen LogP contribution >= 0.6 is 0 Å². The average Bonchev–Trinajstić information content (AvgIpc) is 2.17. The second kappa shape index (κ2) is 4.72. The number of aryl methyl sites for hydroxylation is 1. The highest BCUT2D eigenvalue weighted by Gasteiger charge is 2.09. The van der Waals surface area contributed by atoms with E-state index in [2.05, 4.69) is 5.29 Å². The molecule has 1 aromatic rings. The van der Waals surface area contributed by atoms with Gasteiger partial charge in [-0.3, -0.25) is 5.01 Å². The molecule has 4 nitrogen and oxygen atoms in total. The molecule has 0 saturated heterocycles. The summed E-state index contributed by atoms with van der Waals surface area (Å²) in [5, 5.41) is 13.6. The lowest BCUT2D eigenvalue weighted by molar-refractivity contribution is 0.128. The Labute approximate surface area is 83.1 Å². The number of rotatable bonds is 4. The number of nitrogens with zero attached hydrogens (tertiary/aromatic N) is 2. The molecule has 0 aliphatic carbocycles. The maximum Gasteiger partial charge on any atom is 0.0982 e. The van der Waals surface area contributed by atoms with Crippen LogP contribution < -0.4 is 0 Å². The summed E-state index contributed by atoms with van der Waals surface area (Å²) < 4.78 is 0. The highest BCUT2D eigenvalue weighted by molar-refractivity contribution is 5.24. The predicted octanol–water partition coefficient (Wildman–Crippen LogP) is 1.64. The van der Waals surface area contributed by atoms with Gasteiger partial charge in [0.25, 0.3) is 0 Å². The number of aliphatic hydroxyl groups is 1. The summed E-state index contributed by atoms with van der Waals surface area (Å²) in [6.07, 6.45) is -0.669. The lowest BCUT2D eigenvalue weighted by atomic mass is 10.1. The Morgan fingerprint density at radius 3 is 2.86 bits per heavy atom. The Bertz CT molecular complexity index is 315. The van der Waals surface area contributed by atoms with E-state index < -0.39 is 6.10 Å². The van der Waals surface area contributed by atoms with Gasteiger partial charge >= 0.3 is 0 Å². The van der Waals surface area contributed by atoms with Gasteiger partial charge in [0.1, 0.15) is 0 Å². The van der Waals surface area contributed by atoms with Gasteiger partial charge in [-0.15, -0.1) is 4.91 Å². The van der Waals surface area contributed by atoms with Crippen molar-refractivity contribution in [3.05, 3.63) is 40.3 Å². The van der Waals surface area contributed by atoms with Crippen LogP contribution in [0.5, 0.6) is 0 Å². The fraction of sp³-hybridized carbons (Fsp3) is 0.400. The minimum atomic E-state index is -0.669. The maximum absolute atomic E-state index is 10.1. The van der Waals surface area contributed by atoms with E-state index in [9.17, 15) is 10.0 Å². The SMILES string of the molecule is Cc1cccc(C(O)CN(C)N=O)c1. The first-order chi connectivity index (χ1) is 6.63. The first-order valence-electron chi connectivity index (χ1n) is 4.42. The van der Waals surface area contributed by atoms with Crippen molar-refractivity contribution in [2.24, 2.45) is 5.29 Å². The second-order valence-electron chi connectivity index (χ2n) is 3.35. The summed E-state index contributed by atoms with van der Waals surface area (Å²) in [6, 6.07) is 7.56. The third kappa shape index (κ3) is 2.81. The van der Waals surface area contributed by atoms with E-state index in [-0.39, 0.29) is 6.54 Å². The first kappa shape index (κ1) is 10.7. The maximum atomic E-state index is 10.1. The molecule has 0 aliphatic rings. The summed E-state index contributed by atoms with van der Waals surface area (Å²) in [4.78, 5) is 10.1. The van der Waals surface area contributed by atoms with Gasteiger partial charge in [0.2, 0.25) is 0 Å². The zero-order valence-electron chi connectivity index (χ0n) is 8.34. The van der Waals surface area contributed by atoms with Gasteiger partial charge in [-0.05, 0) is 12.5 Å². The summed E-state index contributed by atoms with van der Waals surface area (Å²) in [7, 11) is 1.53. The van der Waals surface area contributed by atoms with Gasteiger partial charge in [-0.1, -0.05) is 29.8 Å². The van der Waals surface area contributed by atoms with Crippen LogP contribution in [0.2, 0.25) is 0 Å². The fourth-order valence-corrected chi connectivity index (χ4v) is 1.27. The van der Waals surface area contributed by atoms with Crippen LogP contribution in [0.15, 0.2) is 29.6 Å². The molecule has 1 unspecified atom stereocenters. The Morgan fingerprint density at radius 1 is 1.57 bits per heavy atom. The van der Waals surface area contributed by atoms with Gasteiger partial charge in [-0.2, -0.15) is 0 Å². The molecule has 0 saturated carbocycles. The molecule has 0 aromatic heterocycles. The van der Waals surface area contributed by atoms with E-state index >= 15 is 0 Å². The average molecular weight is 194 g/mol. The topological polar surface area (TPSA) is 52.9 Å². The van der Waals surface area contributed by atoms with E-state index in [1.165, 1.54) is 12.1 Å². The predicted molar refractivity (Wildman–Crippen MR) is 54.6 cm³/mol. The normalized spacial score (nSPS) is 12.2. The molecule has 0 radical (unpaired) electrons. The van der Waals surface area contributed by atoms with Gasteiger partial charge in [0.15, 0.2) is 0 Å². The molecule has 0 amide bonds. The molecule has 1 rings (SSSR count). The molecule has 4 heteroatoms. The molecule has 0 bridgehead atoms. The second-order valence-corrected chi connectivity index (χ2v) is 3.35. The number of hydrogen-bond donors (Lipinski definition) is 1. The van der Waals surface area contributed by atoms with Crippen molar-refractivity contribution in [1.82, 2.24) is 5.01 Å². The Kier molecular flexibility index (Phi) is 3.59. The van der Waals surface area contributed by atoms with Crippen molar-refractivity contribution in [3.63, 3.8) is 0 Å². The number of likely N-dealkylation sites (N-methyl/N-ethyl adjacent to an activating group) is 1. The van der Waals surface area contributed by atoms with E-state index in [0.717, 1.165) is 11.1 Å². The molecular formula is C10H14N2O2. The first-order valence-corrected chi connectivity index (χ1v) is 4.42. The van der Waals surface area contributed by atoms with E-state index in [1.54, 1.807) is 0 Å². The van der Waals surface area contributed by atoms with Gasteiger partial charge in [-0.25, -0.2) is 0 Å². The number of aliphatic hydroxyl groups excluding tert-OH is 1. The molecular weight excluding hydrogens is 180 g/mol. The van der Waals surface area contributed by atoms with Crippen molar-refractivity contribution >= 4 is 0 Å². The Hall–Kier alpha value is -1.42. The highest BCUT2D eigenvalue weighted by Crippen LogP contribution is 2.14. The number of benzene rings is 1. The molecule has 0 spiro atoms. The zero-order valence-corrected chi connectivity index (χ0v) is 8.34. The van der Waals surface area contributed by atoms with Crippen LogP contribution in [0.25, 0.3) is 0 Å². The summed E-state index contributed by atoms with van der Waals surface area (Å²) in [5.41, 5.74) is 1.89. The third-order valence-corrected chi connectivity index (χ3v) is 2.00. The lowest BCUT2D eigenvalue weighted by Crippen LogP contribution is -2.18. The minimum Gasteiger partial charge on any atom is -0.386 e. The van der Waals surface area contributed by atoms with E-state index in [1.807, 2.05) is 31.2 Å². The lowest BCUT2D eigenvalue weighted by Gasteiger charge is -2.15. The van der Waals surface area contributed by atoms with Gasteiger partial charge in [0.05, 0.1) is 17.9 Å². The zero-order chi connectivity index (χ0) is 10.6. The molecule has 1 N–H and O–H groups in total. The van der Waals surface area contributed by atoms with Crippen LogP contribution in [-0.2, 0) is 0 Å². The van der Waals surface area contributed by atoms with Gasteiger partial charge < -0.3 is 5.11 Å². The third-order valence-electron chi connectivity index (χ3n) is 2.00. The number of hydrogen-bond acceptors (Lipinski definition) is 3.